The number of hydrogen-bond acceptors (Lipinski definition) is 10. The van der Waals surface area contributed by atoms with Crippen molar-refractivity contribution in [3.63, 3.8) is 0 Å². The van der Waals surface area contributed by atoms with Gasteiger partial charge in [-0.25, -0.2) is 9.59 Å². The molecule has 0 saturated carbocycles. The van der Waals surface area contributed by atoms with Gasteiger partial charge in [-0.2, -0.15) is 0 Å². The molecule has 0 aromatic heterocycles. The molecule has 0 heterocycles. The molecule has 0 saturated heterocycles. The van der Waals surface area contributed by atoms with Crippen LogP contribution in [0, 0.1) is 13.8 Å². The van der Waals surface area contributed by atoms with Crippen molar-refractivity contribution < 1.29 is 106 Å². The van der Waals surface area contributed by atoms with E-state index in [-0.39, 0.29) is 70.6 Å². The molecule has 0 spiro atoms. The summed E-state index contributed by atoms with van der Waals surface area (Å²) in [5.74, 6) is -0.541. The molecule has 0 amide bonds. The Morgan fingerprint density at radius 2 is 1.03 bits per heavy atom. The third kappa shape index (κ3) is 11.5. The van der Waals surface area contributed by atoms with Crippen LogP contribution >= 0.6 is 16.5 Å². The Morgan fingerprint density at radius 3 is 1.25 bits per heavy atom. The molecular weight excluding hydrogens is 484 g/mol. The molecular formula is C18H20Na2O10P2. The van der Waals surface area contributed by atoms with Crippen LogP contribution in [0.5, 0.6) is 11.5 Å². The molecule has 2 unspecified atom stereocenters. The summed E-state index contributed by atoms with van der Waals surface area (Å²) in [5, 5.41) is 0. The van der Waals surface area contributed by atoms with E-state index in [4.69, 9.17) is 0 Å². The molecule has 0 bridgehead atoms. The molecule has 2 aromatic rings. The van der Waals surface area contributed by atoms with Crippen LogP contribution in [0.15, 0.2) is 36.4 Å². The Balaban J connectivity index is 0. The molecule has 2 rings (SSSR count). The maximum absolute atomic E-state index is 11.2. The van der Waals surface area contributed by atoms with Crippen LogP contribution in [-0.4, -0.2) is 26.2 Å². The summed E-state index contributed by atoms with van der Waals surface area (Å²) >= 11 is 0. The number of rotatable bonds is 6. The third-order valence-corrected chi connectivity index (χ3v) is 4.41. The van der Waals surface area contributed by atoms with E-state index in [2.05, 4.69) is 18.5 Å². The van der Waals surface area contributed by atoms with Gasteiger partial charge >= 0.3 is 71.1 Å². The average Bonchev–Trinajstić information content (AvgIpc) is 2.66. The van der Waals surface area contributed by atoms with Crippen LogP contribution in [-0.2, 0) is 18.6 Å². The Labute approximate surface area is 231 Å². The second kappa shape index (κ2) is 16.9. The molecule has 164 valence electrons. The summed E-state index contributed by atoms with van der Waals surface area (Å²) in [5.41, 5.74) is 1.97. The maximum atomic E-state index is 11.2. The first-order valence-corrected chi connectivity index (χ1v) is 10.7. The minimum atomic E-state index is -3.26. The van der Waals surface area contributed by atoms with Crippen molar-refractivity contribution in [2.75, 3.05) is 14.2 Å². The van der Waals surface area contributed by atoms with Gasteiger partial charge in [-0.1, -0.05) is 0 Å². The summed E-state index contributed by atoms with van der Waals surface area (Å²) < 4.78 is 38.7. The third-order valence-electron chi connectivity index (χ3n) is 3.61. The molecule has 2 aromatic carbocycles. The van der Waals surface area contributed by atoms with Gasteiger partial charge in [0.1, 0.15) is 11.5 Å². The molecule has 10 nitrogen and oxygen atoms in total. The predicted molar refractivity (Wildman–Crippen MR) is 104 cm³/mol. The SMILES string of the molecule is COC(=O)c1ccc(O[PH](=O)[O-])cc1C.COC(=O)c1ccc(O[PH](=O)[O-])cc1C.[Na+].[Na+]. The first-order valence-electron chi connectivity index (χ1n) is 8.24. The zero-order valence-electron chi connectivity index (χ0n) is 18.5. The Kier molecular flexibility index (Phi) is 17.7. The zero-order valence-corrected chi connectivity index (χ0v) is 24.5. The normalized spacial score (nSPS) is 11.2. The molecule has 0 fully saturated rings. The van der Waals surface area contributed by atoms with E-state index in [9.17, 15) is 28.5 Å². The van der Waals surface area contributed by atoms with Gasteiger partial charge in [0.25, 0.3) is 0 Å². The van der Waals surface area contributed by atoms with Crippen molar-refractivity contribution in [1.82, 2.24) is 0 Å². The number of carbonyl (C=O) groups is 2. The van der Waals surface area contributed by atoms with Crippen LogP contribution < -0.4 is 77.9 Å². The van der Waals surface area contributed by atoms with Crippen molar-refractivity contribution in [2.45, 2.75) is 13.8 Å². The van der Waals surface area contributed by atoms with E-state index in [0.717, 1.165) is 0 Å². The predicted octanol–water partition coefficient (Wildman–Crippen LogP) is -4.17. The number of aryl methyl sites for hydroxylation is 2. The van der Waals surface area contributed by atoms with E-state index >= 15 is 0 Å². The summed E-state index contributed by atoms with van der Waals surface area (Å²) in [6, 6.07) is 8.65. The summed E-state index contributed by atoms with van der Waals surface area (Å²) in [6.45, 7) is 3.34. The summed E-state index contributed by atoms with van der Waals surface area (Å²) in [7, 11) is -3.95. The fourth-order valence-corrected chi connectivity index (χ4v) is 2.91. The van der Waals surface area contributed by atoms with Crippen LogP contribution in [0.4, 0.5) is 0 Å². The molecule has 14 heteroatoms. The average molecular weight is 504 g/mol. The monoisotopic (exact) mass is 504 g/mol. The fourth-order valence-electron chi connectivity index (χ4n) is 2.27. The van der Waals surface area contributed by atoms with E-state index in [1.165, 1.54) is 50.6 Å². The molecule has 0 aliphatic heterocycles. The summed E-state index contributed by atoms with van der Waals surface area (Å²) in [6.07, 6.45) is 0. The van der Waals surface area contributed by atoms with Crippen LogP contribution in [0.3, 0.4) is 0 Å². The van der Waals surface area contributed by atoms with Crippen molar-refractivity contribution in [2.24, 2.45) is 0 Å². The smallest absolute Gasteiger partial charge is 0.771 e. The van der Waals surface area contributed by atoms with Gasteiger partial charge in [0, 0.05) is 0 Å². The maximum Gasteiger partial charge on any atom is 1.00 e. The Morgan fingerprint density at radius 1 is 0.719 bits per heavy atom. The van der Waals surface area contributed by atoms with E-state index in [1.807, 2.05) is 0 Å². The first-order chi connectivity index (χ1) is 14.1. The van der Waals surface area contributed by atoms with Crippen LogP contribution in [0.1, 0.15) is 31.8 Å². The second-order valence-electron chi connectivity index (χ2n) is 5.64. The summed E-state index contributed by atoms with van der Waals surface area (Å²) in [4.78, 5) is 43.0. The number of methoxy groups -OCH3 is 2. The van der Waals surface area contributed by atoms with Crippen molar-refractivity contribution in [3.05, 3.63) is 58.7 Å². The van der Waals surface area contributed by atoms with E-state index < -0.39 is 28.4 Å². The number of benzene rings is 2. The van der Waals surface area contributed by atoms with Crippen molar-refractivity contribution in [1.29, 1.82) is 0 Å². The van der Waals surface area contributed by atoms with Crippen molar-refractivity contribution >= 4 is 28.4 Å². The quantitative estimate of drug-likeness (QED) is 0.215. The van der Waals surface area contributed by atoms with Gasteiger partial charge < -0.3 is 28.3 Å². The standard InChI is InChI=1S/2C9H11O5P.2Na/c2*1-6-5-7(14-15(11)12)3-4-8(6)9(10)13-2;;/h2*3-5,15H,1-2H3,(H,11,12);;/q;;2*+1/p-2. The topological polar surface area (TPSA) is 151 Å². The van der Waals surface area contributed by atoms with E-state index in [0.29, 0.717) is 22.3 Å². The Hall–Kier alpha value is -0.640. The number of hydrogen-bond donors (Lipinski definition) is 0. The second-order valence-corrected chi connectivity index (χ2v) is 7.05. The van der Waals surface area contributed by atoms with Crippen LogP contribution in [0.25, 0.3) is 0 Å². The molecule has 32 heavy (non-hydrogen) atoms. The molecule has 0 aliphatic carbocycles. The Bertz CT molecular complexity index is 891. The minimum absolute atomic E-state index is 0. The van der Waals surface area contributed by atoms with Crippen molar-refractivity contribution in [3.8, 4) is 11.5 Å². The van der Waals surface area contributed by atoms with Gasteiger partial charge in [-0.15, -0.1) is 0 Å². The fraction of sp³-hybridized carbons (Fsp3) is 0.222. The zero-order chi connectivity index (χ0) is 22.8. The van der Waals surface area contributed by atoms with Gasteiger partial charge in [-0.05, 0) is 61.4 Å². The van der Waals surface area contributed by atoms with Gasteiger partial charge in [-0.3, -0.25) is 9.13 Å². The first kappa shape index (κ1) is 33.5. The van der Waals surface area contributed by atoms with Gasteiger partial charge in [0.05, 0.1) is 25.3 Å². The number of carbonyl (C=O) groups excluding carboxylic acids is 2. The van der Waals surface area contributed by atoms with Crippen LogP contribution in [0.2, 0.25) is 0 Å². The number of ether oxygens (including phenoxy) is 2. The van der Waals surface area contributed by atoms with Gasteiger partial charge in [0.15, 0.2) is 16.5 Å². The molecule has 0 radical (unpaired) electrons. The number of esters is 2. The molecule has 2 atom stereocenters. The largest absolute Gasteiger partial charge is 1.00 e. The minimum Gasteiger partial charge on any atom is -0.771 e. The molecule has 0 N–H and O–H groups in total. The van der Waals surface area contributed by atoms with Gasteiger partial charge in [0.2, 0.25) is 0 Å². The molecule has 0 aliphatic rings. The van der Waals surface area contributed by atoms with E-state index in [1.54, 1.807) is 13.8 Å².